The Balaban J connectivity index is 2.52. The number of para-hydroxylation sites is 1. The first-order valence-corrected chi connectivity index (χ1v) is 5.27. The minimum Gasteiger partial charge on any atom is -0.339 e. The Hall–Kier alpha value is -1.57. The van der Waals surface area contributed by atoms with Gasteiger partial charge in [0.1, 0.15) is 5.84 Å². The first-order chi connectivity index (χ1) is 7.18. The molecule has 2 rings (SSSR count). The van der Waals surface area contributed by atoms with E-state index in [2.05, 4.69) is 43.2 Å². The number of benzene rings is 1. The van der Waals surface area contributed by atoms with Gasteiger partial charge in [-0.15, -0.1) is 0 Å². The highest BCUT2D eigenvalue weighted by molar-refractivity contribution is 5.90. The lowest BCUT2D eigenvalue weighted by atomic mass is 10.1. The zero-order valence-corrected chi connectivity index (χ0v) is 9.44. The highest BCUT2D eigenvalue weighted by atomic mass is 15.2. The molecule has 0 saturated heterocycles. The van der Waals surface area contributed by atoms with Crippen LogP contribution >= 0.6 is 0 Å². The summed E-state index contributed by atoms with van der Waals surface area (Å²) in [4.78, 5) is 6.79. The summed E-state index contributed by atoms with van der Waals surface area (Å²) in [5, 5.41) is 0. The summed E-state index contributed by atoms with van der Waals surface area (Å²) in [5.41, 5.74) is 2.24. The first kappa shape index (κ1) is 9.97. The third kappa shape index (κ3) is 1.94. The number of rotatable bonds is 1. The molecule has 0 unspecified atom stereocenters. The van der Waals surface area contributed by atoms with Gasteiger partial charge < -0.3 is 4.90 Å². The van der Waals surface area contributed by atoms with Crippen LogP contribution in [-0.4, -0.2) is 17.8 Å². The molecule has 78 valence electrons. The van der Waals surface area contributed by atoms with Crippen LogP contribution < -0.4 is 0 Å². The van der Waals surface area contributed by atoms with Gasteiger partial charge in [-0.1, -0.05) is 32.0 Å². The number of aliphatic imine (C=N–C) groups is 1. The van der Waals surface area contributed by atoms with Crippen molar-refractivity contribution in [2.75, 3.05) is 7.05 Å². The number of amidine groups is 1. The number of nitrogens with zero attached hydrogens (tertiary/aromatic N) is 2. The fraction of sp³-hybridized carbons (Fsp3) is 0.308. The van der Waals surface area contributed by atoms with E-state index in [0.717, 1.165) is 11.5 Å². The fourth-order valence-electron chi connectivity index (χ4n) is 1.74. The molecule has 0 aromatic heterocycles. The lowest BCUT2D eigenvalue weighted by Crippen LogP contribution is -2.25. The average Bonchev–Trinajstić information content (AvgIpc) is 2.39. The first-order valence-electron chi connectivity index (χ1n) is 5.27. The molecular formula is C13H16N2. The maximum absolute atomic E-state index is 4.70. The fourth-order valence-corrected chi connectivity index (χ4v) is 1.74. The molecule has 2 nitrogen and oxygen atoms in total. The summed E-state index contributed by atoms with van der Waals surface area (Å²) in [5.74, 6) is 1.54. The smallest absolute Gasteiger partial charge is 0.111 e. The molecule has 0 aliphatic carbocycles. The SMILES string of the molecule is CC(C)C1=Nc2ccccc2C=CN1C. The average molecular weight is 200 g/mol. The topological polar surface area (TPSA) is 15.6 Å². The van der Waals surface area contributed by atoms with Crippen LogP contribution in [-0.2, 0) is 0 Å². The van der Waals surface area contributed by atoms with Gasteiger partial charge in [0.25, 0.3) is 0 Å². The minimum absolute atomic E-state index is 0.436. The Morgan fingerprint density at radius 2 is 1.93 bits per heavy atom. The van der Waals surface area contributed by atoms with E-state index in [4.69, 9.17) is 4.99 Å². The highest BCUT2D eigenvalue weighted by Gasteiger charge is 2.12. The van der Waals surface area contributed by atoms with Gasteiger partial charge in [-0.2, -0.15) is 0 Å². The summed E-state index contributed by atoms with van der Waals surface area (Å²) in [7, 11) is 2.04. The van der Waals surface area contributed by atoms with Gasteiger partial charge in [0, 0.05) is 24.7 Å². The van der Waals surface area contributed by atoms with Crippen LogP contribution in [0.5, 0.6) is 0 Å². The van der Waals surface area contributed by atoms with Crippen molar-refractivity contribution in [2.24, 2.45) is 10.9 Å². The summed E-state index contributed by atoms with van der Waals surface area (Å²) >= 11 is 0. The summed E-state index contributed by atoms with van der Waals surface area (Å²) in [6, 6.07) is 8.21. The zero-order valence-electron chi connectivity index (χ0n) is 9.44. The van der Waals surface area contributed by atoms with E-state index in [-0.39, 0.29) is 0 Å². The standard InChI is InChI=1S/C13H16N2/c1-10(2)13-14-12-7-5-4-6-11(12)8-9-15(13)3/h4-10H,1-3H3. The molecule has 15 heavy (non-hydrogen) atoms. The Bertz CT molecular complexity index is 416. The minimum atomic E-state index is 0.436. The molecule has 0 radical (unpaired) electrons. The largest absolute Gasteiger partial charge is 0.339 e. The number of hydrogen-bond donors (Lipinski definition) is 0. The van der Waals surface area contributed by atoms with Crippen molar-refractivity contribution in [1.82, 2.24) is 4.90 Å². The summed E-state index contributed by atoms with van der Waals surface area (Å²) < 4.78 is 0. The van der Waals surface area contributed by atoms with Crippen molar-refractivity contribution in [1.29, 1.82) is 0 Å². The Morgan fingerprint density at radius 1 is 1.20 bits per heavy atom. The van der Waals surface area contributed by atoms with Crippen LogP contribution in [0.4, 0.5) is 5.69 Å². The van der Waals surface area contributed by atoms with Crippen LogP contribution in [0.2, 0.25) is 0 Å². The summed E-state index contributed by atoms with van der Waals surface area (Å²) in [6.07, 6.45) is 4.18. The highest BCUT2D eigenvalue weighted by Crippen LogP contribution is 2.24. The predicted octanol–water partition coefficient (Wildman–Crippen LogP) is 3.29. The van der Waals surface area contributed by atoms with Gasteiger partial charge in [0.05, 0.1) is 5.69 Å². The van der Waals surface area contributed by atoms with Gasteiger partial charge in [0.15, 0.2) is 0 Å². The van der Waals surface area contributed by atoms with Gasteiger partial charge in [-0.05, 0) is 12.1 Å². The third-order valence-corrected chi connectivity index (χ3v) is 2.53. The van der Waals surface area contributed by atoms with Crippen molar-refractivity contribution < 1.29 is 0 Å². The van der Waals surface area contributed by atoms with Gasteiger partial charge in [-0.3, -0.25) is 0 Å². The maximum Gasteiger partial charge on any atom is 0.111 e. The van der Waals surface area contributed by atoms with E-state index < -0.39 is 0 Å². The van der Waals surface area contributed by atoms with Gasteiger partial charge in [0.2, 0.25) is 0 Å². The molecule has 1 heterocycles. The molecule has 0 bridgehead atoms. The third-order valence-electron chi connectivity index (χ3n) is 2.53. The van der Waals surface area contributed by atoms with E-state index in [9.17, 15) is 0 Å². The Morgan fingerprint density at radius 3 is 2.67 bits per heavy atom. The van der Waals surface area contributed by atoms with Crippen LogP contribution in [0, 0.1) is 5.92 Å². The quantitative estimate of drug-likeness (QED) is 0.679. The van der Waals surface area contributed by atoms with Crippen molar-refractivity contribution in [3.05, 3.63) is 36.0 Å². The number of hydrogen-bond acceptors (Lipinski definition) is 2. The van der Waals surface area contributed by atoms with Crippen molar-refractivity contribution in [2.45, 2.75) is 13.8 Å². The van der Waals surface area contributed by atoms with Crippen LogP contribution in [0.15, 0.2) is 35.5 Å². The molecule has 1 aliphatic heterocycles. The lowest BCUT2D eigenvalue weighted by molar-refractivity contribution is 0.631. The van der Waals surface area contributed by atoms with E-state index in [1.165, 1.54) is 5.56 Å². The van der Waals surface area contributed by atoms with Crippen LogP contribution in [0.25, 0.3) is 6.08 Å². The molecule has 0 saturated carbocycles. The molecule has 0 amide bonds. The van der Waals surface area contributed by atoms with Gasteiger partial charge >= 0.3 is 0 Å². The Kier molecular flexibility index (Phi) is 2.58. The maximum atomic E-state index is 4.70. The molecule has 0 spiro atoms. The molecular weight excluding hydrogens is 184 g/mol. The Labute approximate surface area is 90.9 Å². The van der Waals surface area contributed by atoms with E-state index in [0.29, 0.717) is 5.92 Å². The molecule has 1 aromatic rings. The van der Waals surface area contributed by atoms with E-state index >= 15 is 0 Å². The van der Waals surface area contributed by atoms with Crippen LogP contribution in [0.3, 0.4) is 0 Å². The van der Waals surface area contributed by atoms with Crippen LogP contribution in [0.1, 0.15) is 19.4 Å². The van der Waals surface area contributed by atoms with E-state index in [1.54, 1.807) is 0 Å². The molecule has 0 atom stereocenters. The zero-order chi connectivity index (χ0) is 10.8. The molecule has 1 aromatic carbocycles. The second-order valence-electron chi connectivity index (χ2n) is 4.11. The van der Waals surface area contributed by atoms with Crippen molar-refractivity contribution in [3.63, 3.8) is 0 Å². The second-order valence-corrected chi connectivity index (χ2v) is 4.11. The van der Waals surface area contributed by atoms with E-state index in [1.807, 2.05) is 19.2 Å². The number of fused-ring (bicyclic) bond motifs is 1. The van der Waals surface area contributed by atoms with Gasteiger partial charge in [-0.25, -0.2) is 4.99 Å². The lowest BCUT2D eigenvalue weighted by Gasteiger charge is -2.18. The van der Waals surface area contributed by atoms with Crippen molar-refractivity contribution in [3.8, 4) is 0 Å². The second kappa shape index (κ2) is 3.89. The molecule has 0 fully saturated rings. The van der Waals surface area contributed by atoms with Crippen molar-refractivity contribution >= 4 is 17.6 Å². The predicted molar refractivity (Wildman–Crippen MR) is 65.2 cm³/mol. The normalized spacial score (nSPS) is 14.9. The molecule has 1 aliphatic rings. The summed E-state index contributed by atoms with van der Waals surface area (Å²) in [6.45, 7) is 4.33. The molecule has 0 N–H and O–H groups in total. The molecule has 2 heteroatoms. The monoisotopic (exact) mass is 200 g/mol.